The van der Waals surface area contributed by atoms with Crippen LogP contribution in [-0.4, -0.2) is 47.6 Å². The highest BCUT2D eigenvalue weighted by atomic mass is 35.5. The van der Waals surface area contributed by atoms with Gasteiger partial charge in [-0.3, -0.25) is 8.98 Å². The van der Waals surface area contributed by atoms with E-state index in [2.05, 4.69) is 19.5 Å². The molecule has 0 aromatic carbocycles. The molecule has 10 nitrogen and oxygen atoms in total. The summed E-state index contributed by atoms with van der Waals surface area (Å²) in [6.45, 7) is -0.439. The van der Waals surface area contributed by atoms with Crippen LogP contribution in [0.4, 0.5) is 23.4 Å². The van der Waals surface area contributed by atoms with E-state index in [-0.39, 0.29) is 53.9 Å². The van der Waals surface area contributed by atoms with Gasteiger partial charge in [-0.15, -0.1) is 0 Å². The highest BCUT2D eigenvalue weighted by Gasteiger charge is 2.36. The second-order valence-electron chi connectivity index (χ2n) is 8.44. The van der Waals surface area contributed by atoms with Crippen LogP contribution in [0, 0.1) is 5.92 Å². The second-order valence-corrected chi connectivity index (χ2v) is 10.0. The molecule has 1 aliphatic rings. The molecule has 1 fully saturated rings. The van der Waals surface area contributed by atoms with E-state index in [0.717, 1.165) is 18.5 Å². The molecular weight excluding hydrogens is 546 g/mol. The Morgan fingerprint density at radius 3 is 2.76 bits per heavy atom. The highest BCUT2D eigenvalue weighted by Crippen LogP contribution is 2.33. The van der Waals surface area contributed by atoms with Crippen molar-refractivity contribution in [2.45, 2.75) is 37.8 Å². The fourth-order valence-electron chi connectivity index (χ4n) is 4.01. The highest BCUT2D eigenvalue weighted by molar-refractivity contribution is 7.84. The van der Waals surface area contributed by atoms with Gasteiger partial charge in [-0.25, -0.2) is 19.5 Å². The molecule has 0 spiro atoms. The first-order valence-corrected chi connectivity index (χ1v) is 12.6. The first kappa shape index (κ1) is 27.0. The van der Waals surface area contributed by atoms with Crippen molar-refractivity contribution in [2.24, 2.45) is 11.1 Å². The molecule has 3 aromatic heterocycles. The molecule has 37 heavy (non-hydrogen) atoms. The maximum absolute atomic E-state index is 14.6. The second kappa shape index (κ2) is 10.4. The molecule has 3 aromatic rings. The number of rotatable bonds is 9. The predicted molar refractivity (Wildman–Crippen MR) is 122 cm³/mol. The Morgan fingerprint density at radius 1 is 1.32 bits per heavy atom. The molecule has 3 atom stereocenters. The van der Waals surface area contributed by atoms with Crippen LogP contribution < -0.4 is 10.5 Å². The third-order valence-corrected chi connectivity index (χ3v) is 6.49. The van der Waals surface area contributed by atoms with Crippen molar-refractivity contribution in [3.8, 4) is 0 Å². The summed E-state index contributed by atoms with van der Waals surface area (Å²) in [4.78, 5) is 21.1. The fourth-order valence-corrected chi connectivity index (χ4v) is 4.62. The number of anilines is 1. The van der Waals surface area contributed by atoms with Gasteiger partial charge in [-0.1, -0.05) is 11.6 Å². The van der Waals surface area contributed by atoms with Crippen molar-refractivity contribution >= 4 is 33.5 Å². The molecule has 4 rings (SSSR count). The van der Waals surface area contributed by atoms with Crippen LogP contribution in [0.3, 0.4) is 0 Å². The van der Waals surface area contributed by atoms with E-state index in [0.29, 0.717) is 0 Å². The van der Waals surface area contributed by atoms with Crippen LogP contribution in [0.15, 0.2) is 41.3 Å². The number of hydrogen-bond donors (Lipinski definition) is 2. The number of hydrogen-bond acceptors (Lipinski definition) is 8. The summed E-state index contributed by atoms with van der Waals surface area (Å²) in [5.74, 6) is -2.13. The summed E-state index contributed by atoms with van der Waals surface area (Å²) in [5, 5.41) is 7.75. The standard InChI is InChI=1S/C21H20ClF4N5O5S/c22-18-5-12(7-31(18)8-13-1-2-17(36-13)21(24,25)26)19(32)14-6-28-10-29-20(14)30-16-4-11(3-15(16)23)9-35-37(27,33)34/h1-2,5-7,10-11,15-16H,3-4,8-9H2,(H2,27,33,34)(H,28,29,30)/t11-,15+,16-/m1/s1. The van der Waals surface area contributed by atoms with Gasteiger partial charge >= 0.3 is 16.5 Å². The van der Waals surface area contributed by atoms with Gasteiger partial charge in [0.2, 0.25) is 5.76 Å². The van der Waals surface area contributed by atoms with Gasteiger partial charge in [0.25, 0.3) is 0 Å². The number of furan rings is 1. The van der Waals surface area contributed by atoms with E-state index in [1.807, 2.05) is 0 Å². The van der Waals surface area contributed by atoms with Crippen LogP contribution in [0.1, 0.15) is 40.3 Å². The molecule has 1 aliphatic carbocycles. The number of halogens is 5. The monoisotopic (exact) mass is 565 g/mol. The number of nitrogens with one attached hydrogen (secondary N) is 1. The van der Waals surface area contributed by atoms with Crippen LogP contribution in [0.5, 0.6) is 0 Å². The quantitative estimate of drug-likeness (QED) is 0.296. The van der Waals surface area contributed by atoms with Gasteiger partial charge in [0.15, 0.2) is 5.78 Å². The van der Waals surface area contributed by atoms with Crippen molar-refractivity contribution in [3.63, 3.8) is 0 Å². The lowest BCUT2D eigenvalue weighted by molar-refractivity contribution is -0.153. The van der Waals surface area contributed by atoms with Crippen LogP contribution in [0.25, 0.3) is 0 Å². The summed E-state index contributed by atoms with van der Waals surface area (Å²) >= 11 is 6.18. The summed E-state index contributed by atoms with van der Waals surface area (Å²) in [5.41, 5.74) is 0.0956. The topological polar surface area (TPSA) is 142 Å². The molecule has 200 valence electrons. The third kappa shape index (κ3) is 6.66. The van der Waals surface area contributed by atoms with Gasteiger partial charge in [0.1, 0.15) is 29.2 Å². The summed E-state index contributed by atoms with van der Waals surface area (Å²) in [6.07, 6.45) is -2.07. The molecule has 0 bridgehead atoms. The third-order valence-electron chi connectivity index (χ3n) is 5.70. The number of alkyl halides is 4. The van der Waals surface area contributed by atoms with Crippen LogP contribution >= 0.6 is 11.6 Å². The Hall–Kier alpha value is -3.01. The van der Waals surface area contributed by atoms with Crippen molar-refractivity contribution in [1.29, 1.82) is 0 Å². The van der Waals surface area contributed by atoms with Crippen molar-refractivity contribution in [2.75, 3.05) is 11.9 Å². The summed E-state index contributed by atoms with van der Waals surface area (Å²) in [7, 11) is -4.16. The zero-order valence-electron chi connectivity index (χ0n) is 18.8. The first-order valence-electron chi connectivity index (χ1n) is 10.7. The molecular formula is C21H20ClF4N5O5S. The molecule has 1 saturated carbocycles. The Labute approximate surface area is 213 Å². The van der Waals surface area contributed by atoms with E-state index >= 15 is 0 Å². The van der Waals surface area contributed by atoms with Gasteiger partial charge in [0.05, 0.1) is 24.8 Å². The molecule has 3 N–H and O–H groups in total. The molecule has 3 heterocycles. The lowest BCUT2D eigenvalue weighted by Crippen LogP contribution is -2.27. The number of carbonyl (C=O) groups is 1. The normalized spacial score (nSPS) is 20.3. The molecule has 0 radical (unpaired) electrons. The zero-order valence-corrected chi connectivity index (χ0v) is 20.4. The number of nitrogens with zero attached hydrogens (tertiary/aromatic N) is 3. The predicted octanol–water partition coefficient (Wildman–Crippen LogP) is 3.57. The lowest BCUT2D eigenvalue weighted by Gasteiger charge is -2.17. The van der Waals surface area contributed by atoms with Crippen molar-refractivity contribution in [1.82, 2.24) is 14.5 Å². The largest absolute Gasteiger partial charge is 0.455 e. The molecule has 0 saturated heterocycles. The van der Waals surface area contributed by atoms with E-state index in [1.165, 1.54) is 23.0 Å². The minimum Gasteiger partial charge on any atom is -0.455 e. The number of aromatic nitrogens is 3. The lowest BCUT2D eigenvalue weighted by atomic mass is 10.1. The van der Waals surface area contributed by atoms with Crippen molar-refractivity contribution < 1.29 is 39.4 Å². The maximum atomic E-state index is 14.6. The Morgan fingerprint density at radius 2 is 2.08 bits per heavy atom. The minimum atomic E-state index is -4.64. The van der Waals surface area contributed by atoms with Gasteiger partial charge < -0.3 is 14.3 Å². The Kier molecular flexibility index (Phi) is 7.60. The Balaban J connectivity index is 1.48. The number of ketones is 1. The SMILES string of the molecule is NS(=O)(=O)OC[C@@H]1C[C@H](F)[C@H](Nc2ncncc2C(=O)c2cc(Cl)n(Cc3ccc(C(F)(F)F)o3)c2)C1. The smallest absolute Gasteiger partial charge is 0.449 e. The molecule has 16 heteroatoms. The maximum Gasteiger partial charge on any atom is 0.449 e. The molecule has 0 amide bonds. The van der Waals surface area contributed by atoms with Crippen LogP contribution in [0.2, 0.25) is 5.15 Å². The van der Waals surface area contributed by atoms with Crippen LogP contribution in [-0.2, 0) is 27.2 Å². The number of carbonyl (C=O) groups excluding carboxylic acids is 1. The van der Waals surface area contributed by atoms with E-state index in [4.69, 9.17) is 21.2 Å². The minimum absolute atomic E-state index is 0.00473. The summed E-state index contributed by atoms with van der Waals surface area (Å²) in [6, 6.07) is 2.49. The van der Waals surface area contributed by atoms with Gasteiger partial charge in [0, 0.05) is 18.0 Å². The number of nitrogens with two attached hydrogens (primary N) is 1. The van der Waals surface area contributed by atoms with Gasteiger partial charge in [-0.2, -0.15) is 21.6 Å². The zero-order chi connectivity index (χ0) is 27.0. The average Bonchev–Trinajstić information content (AvgIpc) is 3.52. The molecule has 0 aliphatic heterocycles. The first-order chi connectivity index (χ1) is 17.3. The average molecular weight is 566 g/mol. The van der Waals surface area contributed by atoms with E-state index in [9.17, 15) is 30.8 Å². The van der Waals surface area contributed by atoms with E-state index in [1.54, 1.807) is 0 Å². The molecule has 0 unspecified atom stereocenters. The van der Waals surface area contributed by atoms with E-state index < -0.39 is 46.2 Å². The summed E-state index contributed by atoms with van der Waals surface area (Å²) < 4.78 is 85.6. The fraction of sp³-hybridized carbons (Fsp3) is 0.381. The Bertz CT molecular complexity index is 1390. The van der Waals surface area contributed by atoms with Crippen molar-refractivity contribution in [3.05, 3.63) is 64.7 Å². The van der Waals surface area contributed by atoms with Gasteiger partial charge in [-0.05, 0) is 37.0 Å².